The van der Waals surface area contributed by atoms with Crippen LogP contribution in [-0.4, -0.2) is 34.6 Å². The highest BCUT2D eigenvalue weighted by atomic mass is 16.4. The van der Waals surface area contributed by atoms with Crippen LogP contribution in [0.25, 0.3) is 0 Å². The van der Waals surface area contributed by atoms with Gasteiger partial charge in [-0.15, -0.1) is 0 Å². The monoisotopic (exact) mass is 397 g/mol. The second-order valence-corrected chi connectivity index (χ2v) is 8.77. The predicted octanol–water partition coefficient (Wildman–Crippen LogP) is 4.01. The molecule has 0 saturated carbocycles. The Morgan fingerprint density at radius 1 is 0.893 bits per heavy atom. The molecule has 0 aromatic carbocycles. The van der Waals surface area contributed by atoms with Gasteiger partial charge in [-0.05, 0) is 38.0 Å². The number of carboxylic acid groups (broad SMARTS) is 1. The third-order valence-corrected chi connectivity index (χ3v) is 4.78. The minimum Gasteiger partial charge on any atom is -0.481 e. The Labute approximate surface area is 169 Å². The highest BCUT2D eigenvalue weighted by Gasteiger charge is 2.30. The minimum atomic E-state index is -0.967. The van der Waals surface area contributed by atoms with E-state index in [1.807, 2.05) is 34.6 Å². The summed E-state index contributed by atoms with van der Waals surface area (Å²) in [5.41, 5.74) is 0. The first kappa shape index (κ1) is 26.3. The van der Waals surface area contributed by atoms with Crippen LogP contribution in [0.5, 0.6) is 0 Å². The maximum Gasteiger partial charge on any atom is 0.306 e. The van der Waals surface area contributed by atoms with E-state index in [4.69, 9.17) is 0 Å². The first-order valence-corrected chi connectivity index (χ1v) is 10.5. The fourth-order valence-electron chi connectivity index (χ4n) is 3.38. The molecule has 0 fully saturated rings. The van der Waals surface area contributed by atoms with Gasteiger partial charge in [0.2, 0.25) is 5.91 Å². The summed E-state index contributed by atoms with van der Waals surface area (Å²) in [6.07, 6.45) is 3.18. The Kier molecular flexibility index (Phi) is 12.6. The van der Waals surface area contributed by atoms with Crippen molar-refractivity contribution in [2.45, 2.75) is 92.5 Å². The van der Waals surface area contributed by atoms with Gasteiger partial charge in [0.15, 0.2) is 5.78 Å². The second kappa shape index (κ2) is 13.5. The van der Waals surface area contributed by atoms with Crippen LogP contribution in [0.15, 0.2) is 0 Å². The molecule has 0 aliphatic rings. The van der Waals surface area contributed by atoms with E-state index in [1.165, 1.54) is 6.92 Å². The van der Waals surface area contributed by atoms with Crippen LogP contribution in [0.3, 0.4) is 0 Å². The lowest BCUT2D eigenvalue weighted by Gasteiger charge is -2.24. The van der Waals surface area contributed by atoms with Gasteiger partial charge in [0.1, 0.15) is 5.78 Å². The summed E-state index contributed by atoms with van der Waals surface area (Å²) in [7, 11) is 0. The van der Waals surface area contributed by atoms with E-state index in [2.05, 4.69) is 5.32 Å². The van der Waals surface area contributed by atoms with Gasteiger partial charge < -0.3 is 15.2 Å². The molecule has 0 aliphatic carbocycles. The molecule has 0 radical (unpaired) electrons. The number of ketones is 2. The number of carboxylic acids is 1. The maximum atomic E-state index is 12.8. The number of rotatable bonds is 15. The number of carbonyl (C=O) groups is 4. The van der Waals surface area contributed by atoms with Crippen LogP contribution in [0.4, 0.5) is 0 Å². The van der Waals surface area contributed by atoms with Crippen LogP contribution < -0.4 is 5.32 Å². The topological polar surface area (TPSA) is 101 Å². The molecule has 0 unspecified atom stereocenters. The lowest BCUT2D eigenvalue weighted by Crippen LogP contribution is -2.45. The minimum absolute atomic E-state index is 0.0574. The van der Waals surface area contributed by atoms with E-state index in [1.54, 1.807) is 0 Å². The Balaban J connectivity index is 5.25. The van der Waals surface area contributed by atoms with Crippen molar-refractivity contribution >= 4 is 23.4 Å². The number of hydrogen-bond acceptors (Lipinski definition) is 4. The van der Waals surface area contributed by atoms with Crippen LogP contribution in [-0.2, 0) is 19.2 Å². The third-order valence-electron chi connectivity index (χ3n) is 4.78. The van der Waals surface area contributed by atoms with Gasteiger partial charge in [-0.1, -0.05) is 47.5 Å². The molecule has 0 aromatic rings. The quantitative estimate of drug-likeness (QED) is 0.435. The molecule has 162 valence electrons. The molecule has 0 spiro atoms. The molecule has 2 N–H and O–H groups in total. The molecule has 28 heavy (non-hydrogen) atoms. The third kappa shape index (κ3) is 11.2. The zero-order chi connectivity index (χ0) is 21.9. The van der Waals surface area contributed by atoms with Gasteiger partial charge in [0.05, 0.1) is 12.0 Å². The molecule has 0 bridgehead atoms. The van der Waals surface area contributed by atoms with Crippen LogP contribution in [0, 0.1) is 23.7 Å². The van der Waals surface area contributed by atoms with Crippen LogP contribution >= 0.6 is 0 Å². The molecule has 0 rings (SSSR count). The second-order valence-electron chi connectivity index (χ2n) is 8.77. The van der Waals surface area contributed by atoms with Gasteiger partial charge >= 0.3 is 5.97 Å². The molecule has 6 nitrogen and oxygen atoms in total. The molecule has 3 atom stereocenters. The molecule has 6 heteroatoms. The van der Waals surface area contributed by atoms with Crippen molar-refractivity contribution in [3.63, 3.8) is 0 Å². The van der Waals surface area contributed by atoms with Crippen molar-refractivity contribution in [2.75, 3.05) is 0 Å². The number of Topliss-reactive ketones (excluding diaryl/α,β-unsaturated/α-hetero) is 2. The number of unbranched alkanes of at least 4 members (excludes halogenated alkanes) is 1. The summed E-state index contributed by atoms with van der Waals surface area (Å²) in [6, 6.07) is -0.711. The Morgan fingerprint density at radius 3 is 1.89 bits per heavy atom. The summed E-state index contributed by atoms with van der Waals surface area (Å²) >= 11 is 0. The smallest absolute Gasteiger partial charge is 0.306 e. The number of amides is 1. The standard InChI is InChI=1S/C22H39NO5/c1-7-8-9-17(22(27)28)13-20(25)19(11-15(4)5)23-21(26)18(10-14(2)3)12-16(6)24/h14-15,17-19H,7-13H2,1-6H3,(H,23,26)(H,27,28)/t17-,18+,19+/m1/s1. The van der Waals surface area contributed by atoms with Gasteiger partial charge in [-0.25, -0.2) is 0 Å². The first-order valence-electron chi connectivity index (χ1n) is 10.5. The number of nitrogens with one attached hydrogen (secondary N) is 1. The zero-order valence-electron chi connectivity index (χ0n) is 18.4. The maximum absolute atomic E-state index is 12.8. The normalized spacial score (nSPS) is 14.6. The molecule has 0 saturated heterocycles. The van der Waals surface area contributed by atoms with E-state index in [-0.39, 0.29) is 42.2 Å². The van der Waals surface area contributed by atoms with E-state index in [0.29, 0.717) is 19.3 Å². The van der Waals surface area contributed by atoms with Crippen LogP contribution in [0.2, 0.25) is 0 Å². The SMILES string of the molecule is CCCC[C@H](CC(=O)[C@H](CC(C)C)NC(=O)[C@H](CC(C)=O)CC(C)C)C(=O)O. The molecule has 1 amide bonds. The Hall–Kier alpha value is -1.72. The highest BCUT2D eigenvalue weighted by Crippen LogP contribution is 2.20. The van der Waals surface area contributed by atoms with Crippen molar-refractivity contribution < 1.29 is 24.3 Å². The summed E-state index contributed by atoms with van der Waals surface area (Å²) in [4.78, 5) is 48.6. The lowest BCUT2D eigenvalue weighted by atomic mass is 9.89. The van der Waals surface area contributed by atoms with Gasteiger partial charge in [0.25, 0.3) is 0 Å². The van der Waals surface area contributed by atoms with Crippen molar-refractivity contribution in [1.29, 1.82) is 0 Å². The van der Waals surface area contributed by atoms with Crippen LogP contribution in [0.1, 0.15) is 86.5 Å². The number of carbonyl (C=O) groups excluding carboxylic acids is 3. The van der Waals surface area contributed by atoms with Gasteiger partial charge in [-0.3, -0.25) is 14.4 Å². The summed E-state index contributed by atoms with van der Waals surface area (Å²) in [5, 5.41) is 12.2. The zero-order valence-corrected chi connectivity index (χ0v) is 18.4. The van der Waals surface area contributed by atoms with E-state index < -0.39 is 23.8 Å². The van der Waals surface area contributed by atoms with E-state index >= 15 is 0 Å². The molecule has 0 aliphatic heterocycles. The Morgan fingerprint density at radius 2 is 1.46 bits per heavy atom. The molecule has 0 aromatic heterocycles. The predicted molar refractivity (Wildman–Crippen MR) is 110 cm³/mol. The van der Waals surface area contributed by atoms with Crippen molar-refractivity contribution in [2.24, 2.45) is 23.7 Å². The van der Waals surface area contributed by atoms with Gasteiger partial charge in [-0.2, -0.15) is 0 Å². The van der Waals surface area contributed by atoms with Crippen molar-refractivity contribution in [3.8, 4) is 0 Å². The summed E-state index contributed by atoms with van der Waals surface area (Å²) in [6.45, 7) is 11.3. The van der Waals surface area contributed by atoms with E-state index in [9.17, 15) is 24.3 Å². The molecular formula is C22H39NO5. The lowest BCUT2D eigenvalue weighted by molar-refractivity contribution is -0.144. The molecular weight excluding hydrogens is 358 g/mol. The fraction of sp³-hybridized carbons (Fsp3) is 0.818. The van der Waals surface area contributed by atoms with Crippen molar-refractivity contribution in [3.05, 3.63) is 0 Å². The summed E-state index contributed by atoms with van der Waals surface area (Å²) in [5.74, 6) is -2.31. The largest absolute Gasteiger partial charge is 0.481 e. The molecule has 0 heterocycles. The average molecular weight is 398 g/mol. The first-order chi connectivity index (χ1) is 13.0. The number of hydrogen-bond donors (Lipinski definition) is 2. The summed E-state index contributed by atoms with van der Waals surface area (Å²) < 4.78 is 0. The fourth-order valence-corrected chi connectivity index (χ4v) is 3.38. The average Bonchev–Trinajstić information content (AvgIpc) is 2.55. The van der Waals surface area contributed by atoms with E-state index in [0.717, 1.165) is 12.8 Å². The van der Waals surface area contributed by atoms with Gasteiger partial charge in [0, 0.05) is 18.8 Å². The van der Waals surface area contributed by atoms with Crippen molar-refractivity contribution in [1.82, 2.24) is 5.32 Å². The highest BCUT2D eigenvalue weighted by molar-refractivity contribution is 5.93. The Bertz CT molecular complexity index is 527. The number of aliphatic carboxylic acids is 1.